The zero-order valence-corrected chi connectivity index (χ0v) is 11.4. The van der Waals surface area contributed by atoms with Gasteiger partial charge in [-0.05, 0) is 39.8 Å². The molecule has 2 saturated heterocycles. The van der Waals surface area contributed by atoms with E-state index in [0.29, 0.717) is 12.1 Å². The maximum absolute atomic E-state index is 5.67. The van der Waals surface area contributed by atoms with Crippen molar-refractivity contribution in [3.63, 3.8) is 0 Å². The number of piperidine rings is 1. The molecular formula is C13H26N2O2. The molecule has 0 aromatic carbocycles. The highest BCUT2D eigenvalue weighted by Crippen LogP contribution is 2.27. The number of hydrogen-bond donors (Lipinski definition) is 1. The summed E-state index contributed by atoms with van der Waals surface area (Å²) in [5, 5.41) is 3.43. The fourth-order valence-electron chi connectivity index (χ4n) is 3.11. The van der Waals surface area contributed by atoms with E-state index in [1.807, 2.05) is 7.11 Å². The second kappa shape index (κ2) is 5.65. The molecule has 2 rings (SSSR count). The molecule has 100 valence electrons. The van der Waals surface area contributed by atoms with Gasteiger partial charge in [0.05, 0.1) is 12.2 Å². The van der Waals surface area contributed by atoms with E-state index < -0.39 is 0 Å². The highest BCUT2D eigenvalue weighted by Gasteiger charge is 2.37. The summed E-state index contributed by atoms with van der Waals surface area (Å²) in [6, 6.07) is 1.06. The Hall–Kier alpha value is -0.160. The largest absolute Gasteiger partial charge is 0.380 e. The molecule has 2 aliphatic heterocycles. The summed E-state index contributed by atoms with van der Waals surface area (Å²) in [6.07, 6.45) is 3.50. The minimum atomic E-state index is 0.0218. The Morgan fingerprint density at radius 1 is 1.47 bits per heavy atom. The zero-order valence-electron chi connectivity index (χ0n) is 11.4. The van der Waals surface area contributed by atoms with E-state index in [1.165, 1.54) is 13.0 Å². The second-order valence-electron chi connectivity index (χ2n) is 5.55. The SMILES string of the molecule is CNC1CCOCC1N1CCCC(C)(OC)C1. The molecule has 3 atom stereocenters. The summed E-state index contributed by atoms with van der Waals surface area (Å²) in [7, 11) is 3.89. The Balaban J connectivity index is 2.00. The third-order valence-electron chi connectivity index (χ3n) is 4.35. The van der Waals surface area contributed by atoms with E-state index >= 15 is 0 Å². The van der Waals surface area contributed by atoms with Gasteiger partial charge in [-0.2, -0.15) is 0 Å². The Kier molecular flexibility index (Phi) is 4.42. The molecular weight excluding hydrogens is 216 g/mol. The Bertz CT molecular complexity index is 250. The van der Waals surface area contributed by atoms with E-state index in [-0.39, 0.29) is 5.60 Å². The minimum absolute atomic E-state index is 0.0218. The van der Waals surface area contributed by atoms with E-state index in [9.17, 15) is 0 Å². The summed E-state index contributed by atoms with van der Waals surface area (Å²) in [4.78, 5) is 2.55. The van der Waals surface area contributed by atoms with Gasteiger partial charge in [-0.25, -0.2) is 0 Å². The van der Waals surface area contributed by atoms with Crippen molar-refractivity contribution in [2.45, 2.75) is 43.9 Å². The van der Waals surface area contributed by atoms with Gasteiger partial charge in [0.15, 0.2) is 0 Å². The molecule has 2 aliphatic rings. The minimum Gasteiger partial charge on any atom is -0.380 e. The number of rotatable bonds is 3. The average Bonchev–Trinajstić information content (AvgIpc) is 2.39. The molecule has 2 fully saturated rings. The first-order chi connectivity index (χ1) is 8.18. The standard InChI is InChI=1S/C13H26N2O2/c1-13(16-3)6-4-7-15(10-13)12-9-17-8-5-11(12)14-2/h11-12,14H,4-10H2,1-3H3. The molecule has 2 heterocycles. The van der Waals surface area contributed by atoms with Crippen LogP contribution in [0.15, 0.2) is 0 Å². The number of methoxy groups -OCH3 is 1. The van der Waals surface area contributed by atoms with Gasteiger partial charge in [0.1, 0.15) is 0 Å². The molecule has 3 unspecified atom stereocenters. The van der Waals surface area contributed by atoms with Gasteiger partial charge in [-0.1, -0.05) is 0 Å². The second-order valence-corrected chi connectivity index (χ2v) is 5.55. The summed E-state index contributed by atoms with van der Waals surface area (Å²) < 4.78 is 11.3. The maximum atomic E-state index is 5.67. The lowest BCUT2D eigenvalue weighted by atomic mass is 9.91. The summed E-state index contributed by atoms with van der Waals surface area (Å²) in [5.41, 5.74) is 0.0218. The van der Waals surface area contributed by atoms with Crippen LogP contribution in [0.25, 0.3) is 0 Å². The first kappa shape index (κ1) is 13.3. The Morgan fingerprint density at radius 2 is 2.29 bits per heavy atom. The first-order valence-electron chi connectivity index (χ1n) is 6.73. The number of hydrogen-bond acceptors (Lipinski definition) is 4. The number of likely N-dealkylation sites (tertiary alicyclic amines) is 1. The number of nitrogens with zero attached hydrogens (tertiary/aromatic N) is 1. The van der Waals surface area contributed by atoms with E-state index in [0.717, 1.165) is 32.6 Å². The highest BCUT2D eigenvalue weighted by molar-refractivity contribution is 4.93. The van der Waals surface area contributed by atoms with E-state index in [4.69, 9.17) is 9.47 Å². The van der Waals surface area contributed by atoms with Crippen molar-refractivity contribution in [2.75, 3.05) is 40.5 Å². The van der Waals surface area contributed by atoms with Crippen LogP contribution in [0, 0.1) is 0 Å². The van der Waals surface area contributed by atoms with Crippen molar-refractivity contribution in [1.82, 2.24) is 10.2 Å². The smallest absolute Gasteiger partial charge is 0.0777 e. The van der Waals surface area contributed by atoms with Gasteiger partial charge in [0.2, 0.25) is 0 Å². The van der Waals surface area contributed by atoms with Crippen molar-refractivity contribution in [3.8, 4) is 0 Å². The molecule has 0 radical (unpaired) electrons. The fourth-order valence-corrected chi connectivity index (χ4v) is 3.11. The van der Waals surface area contributed by atoms with Crippen molar-refractivity contribution in [3.05, 3.63) is 0 Å². The normalized spacial score (nSPS) is 40.4. The molecule has 0 aromatic rings. The van der Waals surface area contributed by atoms with Gasteiger partial charge >= 0.3 is 0 Å². The lowest BCUT2D eigenvalue weighted by Gasteiger charge is -2.46. The number of likely N-dealkylation sites (N-methyl/N-ethyl adjacent to an activating group) is 1. The van der Waals surface area contributed by atoms with Gasteiger partial charge < -0.3 is 14.8 Å². The number of nitrogens with one attached hydrogen (secondary N) is 1. The molecule has 17 heavy (non-hydrogen) atoms. The first-order valence-corrected chi connectivity index (χ1v) is 6.73. The predicted octanol–water partition coefficient (Wildman–Crippen LogP) is 0.864. The topological polar surface area (TPSA) is 33.7 Å². The van der Waals surface area contributed by atoms with Crippen LogP contribution in [-0.4, -0.2) is 63.0 Å². The van der Waals surface area contributed by atoms with E-state index in [1.54, 1.807) is 0 Å². The molecule has 0 aliphatic carbocycles. The lowest BCUT2D eigenvalue weighted by Crippen LogP contribution is -2.60. The summed E-state index contributed by atoms with van der Waals surface area (Å²) >= 11 is 0. The highest BCUT2D eigenvalue weighted by atomic mass is 16.5. The zero-order chi connectivity index (χ0) is 12.3. The van der Waals surface area contributed by atoms with Crippen LogP contribution in [-0.2, 0) is 9.47 Å². The van der Waals surface area contributed by atoms with Crippen molar-refractivity contribution >= 4 is 0 Å². The molecule has 0 aromatic heterocycles. The van der Waals surface area contributed by atoms with Crippen LogP contribution in [0.3, 0.4) is 0 Å². The molecule has 0 bridgehead atoms. The monoisotopic (exact) mass is 242 g/mol. The van der Waals surface area contributed by atoms with E-state index in [2.05, 4.69) is 24.2 Å². The van der Waals surface area contributed by atoms with Crippen LogP contribution < -0.4 is 5.32 Å². The lowest BCUT2D eigenvalue weighted by molar-refractivity contribution is -0.0853. The summed E-state index contributed by atoms with van der Waals surface area (Å²) in [5.74, 6) is 0. The number of ether oxygens (including phenoxy) is 2. The van der Waals surface area contributed by atoms with Crippen LogP contribution in [0.1, 0.15) is 26.2 Å². The fraction of sp³-hybridized carbons (Fsp3) is 1.00. The van der Waals surface area contributed by atoms with Crippen molar-refractivity contribution in [1.29, 1.82) is 0 Å². The quantitative estimate of drug-likeness (QED) is 0.796. The van der Waals surface area contributed by atoms with Crippen LogP contribution in [0.2, 0.25) is 0 Å². The Labute approximate surface area is 105 Å². The summed E-state index contributed by atoms with van der Waals surface area (Å²) in [6.45, 7) is 6.15. The maximum Gasteiger partial charge on any atom is 0.0777 e. The van der Waals surface area contributed by atoms with Gasteiger partial charge in [-0.3, -0.25) is 4.90 Å². The molecule has 1 N–H and O–H groups in total. The van der Waals surface area contributed by atoms with Crippen LogP contribution >= 0.6 is 0 Å². The van der Waals surface area contributed by atoms with Gasteiger partial charge in [0, 0.05) is 32.3 Å². The van der Waals surface area contributed by atoms with Crippen LogP contribution in [0.5, 0.6) is 0 Å². The van der Waals surface area contributed by atoms with Crippen LogP contribution in [0.4, 0.5) is 0 Å². The molecule has 4 nitrogen and oxygen atoms in total. The molecule has 0 spiro atoms. The predicted molar refractivity (Wildman–Crippen MR) is 68.3 cm³/mol. The molecule has 4 heteroatoms. The average molecular weight is 242 g/mol. The molecule has 0 amide bonds. The molecule has 0 saturated carbocycles. The third-order valence-corrected chi connectivity index (χ3v) is 4.35. The van der Waals surface area contributed by atoms with Gasteiger partial charge in [0.25, 0.3) is 0 Å². The van der Waals surface area contributed by atoms with Crippen molar-refractivity contribution in [2.24, 2.45) is 0 Å². The van der Waals surface area contributed by atoms with Crippen molar-refractivity contribution < 1.29 is 9.47 Å². The third kappa shape index (κ3) is 2.99. The van der Waals surface area contributed by atoms with Gasteiger partial charge in [-0.15, -0.1) is 0 Å². The Morgan fingerprint density at radius 3 is 3.00 bits per heavy atom.